The van der Waals surface area contributed by atoms with Crippen LogP contribution in [0.25, 0.3) is 0 Å². The number of carbonyl (C=O) groups is 1. The predicted octanol–water partition coefficient (Wildman–Crippen LogP) is 3.31. The molecule has 0 bridgehead atoms. The largest absolute Gasteiger partial charge is 0.292 e. The summed E-state index contributed by atoms with van der Waals surface area (Å²) in [6.07, 6.45) is 1.87. The first-order valence-corrected chi connectivity index (χ1v) is 8.83. The second-order valence-electron chi connectivity index (χ2n) is 3.95. The second-order valence-corrected chi connectivity index (χ2v) is 8.76. The van der Waals surface area contributed by atoms with Crippen molar-refractivity contribution in [2.45, 2.75) is 24.5 Å². The van der Waals surface area contributed by atoms with Crippen molar-refractivity contribution in [1.29, 1.82) is 0 Å². The highest BCUT2D eigenvalue weighted by Crippen LogP contribution is 2.34. The van der Waals surface area contributed by atoms with E-state index < -0.39 is 15.1 Å². The van der Waals surface area contributed by atoms with Gasteiger partial charge in [0.15, 0.2) is 15.6 Å². The van der Waals surface area contributed by atoms with Crippen molar-refractivity contribution < 1.29 is 13.2 Å². The minimum absolute atomic E-state index is 0.115. The Kier molecular flexibility index (Phi) is 3.97. The highest BCUT2D eigenvalue weighted by molar-refractivity contribution is 9.10. The molecule has 1 aliphatic heterocycles. The zero-order valence-corrected chi connectivity index (χ0v) is 12.8. The van der Waals surface area contributed by atoms with Crippen molar-refractivity contribution in [3.05, 3.63) is 19.8 Å². The average Bonchev–Trinajstić information content (AvgIpc) is 2.58. The molecule has 7 heteroatoms. The quantitative estimate of drug-likeness (QED) is 0.763. The van der Waals surface area contributed by atoms with Gasteiger partial charge >= 0.3 is 0 Å². The van der Waals surface area contributed by atoms with Crippen LogP contribution in [0.15, 0.2) is 10.5 Å². The molecule has 0 amide bonds. The second kappa shape index (κ2) is 4.99. The van der Waals surface area contributed by atoms with Gasteiger partial charge in [-0.2, -0.15) is 0 Å². The maximum Gasteiger partial charge on any atom is 0.190 e. The highest BCUT2D eigenvalue weighted by atomic mass is 79.9. The van der Waals surface area contributed by atoms with Crippen LogP contribution in [-0.2, 0) is 9.84 Å². The lowest BCUT2D eigenvalue weighted by Crippen LogP contribution is -2.35. The van der Waals surface area contributed by atoms with Gasteiger partial charge in [0.1, 0.15) is 9.59 Å². The first-order valence-electron chi connectivity index (χ1n) is 5.12. The lowest BCUT2D eigenvalue weighted by molar-refractivity contribution is 0.0985. The summed E-state index contributed by atoms with van der Waals surface area (Å²) < 4.78 is 24.8. The number of hydrogen-bond acceptors (Lipinski definition) is 4. The molecular weight excluding hydrogens is 348 g/mol. The fourth-order valence-corrected chi connectivity index (χ4v) is 5.52. The average molecular weight is 358 g/mol. The third-order valence-electron chi connectivity index (χ3n) is 2.76. The number of carbonyl (C=O) groups excluding carboxylic acids is 1. The minimum atomic E-state index is -3.28. The Morgan fingerprint density at radius 3 is 2.71 bits per heavy atom. The smallest absolute Gasteiger partial charge is 0.190 e. The molecule has 0 N–H and O–H groups in total. The number of hydrogen-bond donors (Lipinski definition) is 0. The molecule has 0 aliphatic carbocycles. The number of ketones is 1. The highest BCUT2D eigenvalue weighted by Gasteiger charge is 2.36. The Bertz CT molecular complexity index is 530. The lowest BCUT2D eigenvalue weighted by Gasteiger charge is -2.20. The summed E-state index contributed by atoms with van der Waals surface area (Å²) >= 11 is 10.2. The molecule has 1 aliphatic rings. The first-order chi connectivity index (χ1) is 7.92. The van der Waals surface area contributed by atoms with E-state index >= 15 is 0 Å². The number of rotatable bonds is 2. The molecule has 3 nitrogen and oxygen atoms in total. The van der Waals surface area contributed by atoms with Crippen LogP contribution in [0.2, 0.25) is 4.34 Å². The molecule has 0 radical (unpaired) electrons. The van der Waals surface area contributed by atoms with Crippen molar-refractivity contribution in [1.82, 2.24) is 0 Å². The number of halogens is 2. The Morgan fingerprint density at radius 2 is 2.18 bits per heavy atom. The maximum absolute atomic E-state index is 12.1. The van der Waals surface area contributed by atoms with E-state index in [9.17, 15) is 13.2 Å². The van der Waals surface area contributed by atoms with Gasteiger partial charge in [-0.25, -0.2) is 8.42 Å². The van der Waals surface area contributed by atoms with Crippen molar-refractivity contribution >= 4 is 54.5 Å². The number of thiophene rings is 1. The Labute approximate surface area is 117 Å². The van der Waals surface area contributed by atoms with E-state index in [1.54, 1.807) is 6.07 Å². The first kappa shape index (κ1) is 13.5. The van der Waals surface area contributed by atoms with Gasteiger partial charge < -0.3 is 0 Å². The van der Waals surface area contributed by atoms with Crippen LogP contribution in [-0.4, -0.2) is 25.2 Å². The van der Waals surface area contributed by atoms with Gasteiger partial charge in [0.05, 0.1) is 10.6 Å². The van der Waals surface area contributed by atoms with Gasteiger partial charge in [-0.05, 0) is 34.8 Å². The van der Waals surface area contributed by atoms with E-state index in [-0.39, 0.29) is 11.5 Å². The molecule has 0 aromatic carbocycles. The van der Waals surface area contributed by atoms with E-state index in [2.05, 4.69) is 15.9 Å². The van der Waals surface area contributed by atoms with Gasteiger partial charge in [-0.3, -0.25) is 4.79 Å². The van der Waals surface area contributed by atoms with Crippen molar-refractivity contribution in [3.8, 4) is 0 Å². The van der Waals surface area contributed by atoms with E-state index in [1.807, 2.05) is 0 Å². The molecule has 17 heavy (non-hydrogen) atoms. The predicted molar refractivity (Wildman–Crippen MR) is 72.8 cm³/mol. The molecule has 1 atom stereocenters. The van der Waals surface area contributed by atoms with E-state index in [0.29, 0.717) is 26.5 Å². The van der Waals surface area contributed by atoms with Gasteiger partial charge in [0, 0.05) is 4.47 Å². The molecule has 2 rings (SSSR count). The summed E-state index contributed by atoms with van der Waals surface area (Å²) in [5, 5.41) is -0.877. The monoisotopic (exact) mass is 356 g/mol. The standard InChI is InChI=1S/C10H10BrClO3S2/c11-6-5-7(16-10(6)12)9(13)8-3-1-2-4-17(8,14)15/h5,8H,1-4H2. The van der Waals surface area contributed by atoms with Crippen LogP contribution in [0.4, 0.5) is 0 Å². The molecule has 1 saturated heterocycles. The van der Waals surface area contributed by atoms with Crippen LogP contribution in [0.3, 0.4) is 0 Å². The van der Waals surface area contributed by atoms with E-state index in [0.717, 1.165) is 17.8 Å². The van der Waals surface area contributed by atoms with Crippen molar-refractivity contribution in [3.63, 3.8) is 0 Å². The fourth-order valence-electron chi connectivity index (χ4n) is 1.88. The molecule has 2 heterocycles. The Hall–Kier alpha value is 0.0900. The van der Waals surface area contributed by atoms with Crippen LogP contribution < -0.4 is 0 Å². The molecular formula is C10H10BrClO3S2. The zero-order chi connectivity index (χ0) is 12.6. The zero-order valence-electron chi connectivity index (χ0n) is 8.78. The molecule has 0 spiro atoms. The fraction of sp³-hybridized carbons (Fsp3) is 0.500. The molecule has 1 aromatic heterocycles. The third-order valence-corrected chi connectivity index (χ3v) is 7.42. The summed E-state index contributed by atoms with van der Waals surface area (Å²) in [5.41, 5.74) is 0. The van der Waals surface area contributed by atoms with Gasteiger partial charge in [-0.1, -0.05) is 18.0 Å². The summed E-state index contributed by atoms with van der Waals surface area (Å²) in [6, 6.07) is 1.60. The lowest BCUT2D eigenvalue weighted by atomic mass is 10.1. The Balaban J connectivity index is 2.31. The van der Waals surface area contributed by atoms with Gasteiger partial charge in [0.25, 0.3) is 0 Å². The Morgan fingerprint density at radius 1 is 1.47 bits per heavy atom. The molecule has 94 valence electrons. The number of Topliss-reactive ketones (excluding diaryl/α,β-unsaturated/α-hetero) is 1. The summed E-state index contributed by atoms with van der Waals surface area (Å²) in [6.45, 7) is 0. The van der Waals surface area contributed by atoms with Gasteiger partial charge in [-0.15, -0.1) is 11.3 Å². The summed E-state index contributed by atoms with van der Waals surface area (Å²) in [5.74, 6) is -0.203. The molecule has 1 fully saturated rings. The molecule has 1 aromatic rings. The van der Waals surface area contributed by atoms with Crippen LogP contribution >= 0.6 is 38.9 Å². The molecule has 0 saturated carbocycles. The summed E-state index contributed by atoms with van der Waals surface area (Å²) in [7, 11) is -3.28. The normalized spacial score (nSPS) is 23.5. The SMILES string of the molecule is O=C(c1cc(Br)c(Cl)s1)C1CCCCS1(=O)=O. The van der Waals surface area contributed by atoms with E-state index in [1.165, 1.54) is 0 Å². The van der Waals surface area contributed by atoms with Crippen LogP contribution in [0, 0.1) is 0 Å². The maximum atomic E-state index is 12.1. The number of sulfone groups is 1. The molecule has 1 unspecified atom stereocenters. The van der Waals surface area contributed by atoms with Crippen LogP contribution in [0.1, 0.15) is 28.9 Å². The van der Waals surface area contributed by atoms with Crippen LogP contribution in [0.5, 0.6) is 0 Å². The minimum Gasteiger partial charge on any atom is -0.292 e. The summed E-state index contributed by atoms with van der Waals surface area (Å²) in [4.78, 5) is 12.5. The topological polar surface area (TPSA) is 51.2 Å². The van der Waals surface area contributed by atoms with Crippen molar-refractivity contribution in [2.75, 3.05) is 5.75 Å². The van der Waals surface area contributed by atoms with Crippen molar-refractivity contribution in [2.24, 2.45) is 0 Å². The van der Waals surface area contributed by atoms with Gasteiger partial charge in [0.2, 0.25) is 0 Å². The third kappa shape index (κ3) is 2.75. The van der Waals surface area contributed by atoms with E-state index in [4.69, 9.17) is 11.6 Å².